The Hall–Kier alpha value is -2.69. The van der Waals surface area contributed by atoms with Crippen molar-refractivity contribution in [2.45, 2.75) is 13.0 Å². The lowest BCUT2D eigenvalue weighted by Crippen LogP contribution is -2.24. The van der Waals surface area contributed by atoms with Crippen molar-refractivity contribution in [2.75, 3.05) is 5.32 Å². The summed E-state index contributed by atoms with van der Waals surface area (Å²) in [4.78, 5) is 24.0. The van der Waals surface area contributed by atoms with E-state index in [2.05, 4.69) is 67.1 Å². The molecule has 0 aromatic heterocycles. The third-order valence-corrected chi connectivity index (χ3v) is 6.29. The zero-order valence-corrected chi connectivity index (χ0v) is 22.6. The van der Waals surface area contributed by atoms with E-state index >= 15 is 0 Å². The molecule has 0 fully saturated rings. The number of anilines is 1. The second-order valence-electron chi connectivity index (χ2n) is 6.91. The maximum atomic E-state index is 12.0. The summed E-state index contributed by atoms with van der Waals surface area (Å²) in [7, 11) is 0. The largest absolute Gasteiger partial charge is 0.487 e. The van der Waals surface area contributed by atoms with Crippen LogP contribution < -0.4 is 15.5 Å². The van der Waals surface area contributed by atoms with E-state index in [1.807, 2.05) is 24.3 Å². The lowest BCUT2D eigenvalue weighted by molar-refractivity contribution is -0.126. The molecule has 0 saturated heterocycles. The molecule has 0 aliphatic heterocycles. The van der Waals surface area contributed by atoms with Crippen LogP contribution in [0.4, 0.5) is 5.69 Å². The SMILES string of the molecule is N#Cc1ccc(COc2c(I)cc(C=NNC(=O)CC(=O)Nc3ccccc3Cl)cc2I)cc1. The summed E-state index contributed by atoms with van der Waals surface area (Å²) in [5.41, 5.74) is 5.11. The molecule has 7 nitrogen and oxygen atoms in total. The van der Waals surface area contributed by atoms with E-state index in [0.29, 0.717) is 22.9 Å². The molecule has 3 rings (SSSR count). The molecule has 0 heterocycles. The molecular formula is C24H17ClI2N4O3. The Balaban J connectivity index is 1.53. The average Bonchev–Trinajstić information content (AvgIpc) is 2.80. The quantitative estimate of drug-likeness (QED) is 0.141. The van der Waals surface area contributed by atoms with E-state index in [1.165, 1.54) is 6.21 Å². The van der Waals surface area contributed by atoms with Gasteiger partial charge in [0.15, 0.2) is 0 Å². The lowest BCUT2D eigenvalue weighted by atomic mass is 10.1. The monoisotopic (exact) mass is 698 g/mol. The Morgan fingerprint density at radius 1 is 1.06 bits per heavy atom. The molecule has 172 valence electrons. The zero-order valence-electron chi connectivity index (χ0n) is 17.5. The molecule has 0 radical (unpaired) electrons. The minimum atomic E-state index is -0.549. The summed E-state index contributed by atoms with van der Waals surface area (Å²) in [5.74, 6) is -0.302. The van der Waals surface area contributed by atoms with Crippen molar-refractivity contribution >= 4 is 80.5 Å². The number of carbonyl (C=O) groups excluding carboxylic acids is 2. The molecule has 34 heavy (non-hydrogen) atoms. The first-order valence-electron chi connectivity index (χ1n) is 9.83. The number of nitrogens with zero attached hydrogens (tertiary/aromatic N) is 2. The van der Waals surface area contributed by atoms with E-state index in [0.717, 1.165) is 24.0 Å². The number of hydrogen-bond acceptors (Lipinski definition) is 5. The zero-order chi connectivity index (χ0) is 24.5. The number of ether oxygens (including phenoxy) is 1. The first kappa shape index (κ1) is 25.9. The summed E-state index contributed by atoms with van der Waals surface area (Å²) < 4.78 is 7.72. The molecule has 10 heteroatoms. The number of amides is 2. The number of hydrogen-bond donors (Lipinski definition) is 2. The Morgan fingerprint density at radius 2 is 1.74 bits per heavy atom. The molecule has 0 bridgehead atoms. The van der Waals surface area contributed by atoms with Gasteiger partial charge in [0, 0.05) is 0 Å². The highest BCUT2D eigenvalue weighted by Gasteiger charge is 2.11. The first-order chi connectivity index (χ1) is 16.4. The van der Waals surface area contributed by atoms with E-state index in [4.69, 9.17) is 21.6 Å². The topological polar surface area (TPSA) is 104 Å². The summed E-state index contributed by atoms with van der Waals surface area (Å²) in [6.45, 7) is 0.372. The molecule has 3 aromatic rings. The van der Waals surface area contributed by atoms with Crippen LogP contribution in [0.2, 0.25) is 5.02 Å². The fourth-order valence-electron chi connectivity index (χ4n) is 2.74. The van der Waals surface area contributed by atoms with E-state index in [1.54, 1.807) is 36.4 Å². The Bertz CT molecular complexity index is 1250. The Labute approximate surface area is 228 Å². The van der Waals surface area contributed by atoms with Crippen LogP contribution in [0.1, 0.15) is 23.1 Å². The van der Waals surface area contributed by atoms with Crippen molar-refractivity contribution in [1.82, 2.24) is 5.43 Å². The van der Waals surface area contributed by atoms with E-state index in [9.17, 15) is 9.59 Å². The van der Waals surface area contributed by atoms with Crippen LogP contribution in [0, 0.1) is 18.5 Å². The fraction of sp³-hybridized carbons (Fsp3) is 0.0833. The molecule has 2 N–H and O–H groups in total. The molecule has 0 aliphatic rings. The third-order valence-electron chi connectivity index (χ3n) is 4.36. The van der Waals surface area contributed by atoms with Gasteiger partial charge >= 0.3 is 0 Å². The highest BCUT2D eigenvalue weighted by molar-refractivity contribution is 14.1. The van der Waals surface area contributed by atoms with E-state index < -0.39 is 11.8 Å². The molecule has 0 atom stereocenters. The van der Waals surface area contributed by atoms with Gasteiger partial charge in [-0.1, -0.05) is 35.9 Å². The Morgan fingerprint density at radius 3 is 2.38 bits per heavy atom. The van der Waals surface area contributed by atoms with Crippen LogP contribution in [-0.2, 0) is 16.2 Å². The molecular weight excluding hydrogens is 682 g/mol. The molecule has 2 amide bonds. The number of nitriles is 1. The second kappa shape index (κ2) is 12.7. The molecule has 3 aromatic carbocycles. The molecule has 0 saturated carbocycles. The summed E-state index contributed by atoms with van der Waals surface area (Å²) in [6.07, 6.45) is 1.11. The minimum absolute atomic E-state index is 0.372. The number of rotatable bonds is 8. The molecule has 0 aliphatic carbocycles. The van der Waals surface area contributed by atoms with Crippen molar-refractivity contribution in [3.8, 4) is 11.8 Å². The van der Waals surface area contributed by atoms with Crippen LogP contribution in [0.3, 0.4) is 0 Å². The predicted octanol–water partition coefficient (Wildman–Crippen LogP) is 5.48. The van der Waals surface area contributed by atoms with Gasteiger partial charge < -0.3 is 10.1 Å². The summed E-state index contributed by atoms with van der Waals surface area (Å²) in [5, 5.41) is 15.8. The Kier molecular flexibility index (Phi) is 9.67. The standard InChI is InChI=1S/C24H17ClI2N4O3/c25-18-3-1-2-4-21(18)30-22(32)11-23(33)31-29-13-17-9-19(26)24(20(27)10-17)34-14-16-7-5-15(12-28)6-8-16/h1-10,13H,11,14H2,(H,30,32)(H,31,33). The number of para-hydroxylation sites is 1. The predicted molar refractivity (Wildman–Crippen MR) is 148 cm³/mol. The van der Waals surface area contributed by atoms with Crippen LogP contribution >= 0.6 is 56.8 Å². The highest BCUT2D eigenvalue weighted by atomic mass is 127. The van der Waals surface area contributed by atoms with Gasteiger partial charge in [-0.15, -0.1) is 0 Å². The normalized spacial score (nSPS) is 10.5. The maximum absolute atomic E-state index is 12.0. The van der Waals surface area contributed by atoms with Gasteiger partial charge in [0.2, 0.25) is 11.8 Å². The van der Waals surface area contributed by atoms with Crippen molar-refractivity contribution in [1.29, 1.82) is 5.26 Å². The van der Waals surface area contributed by atoms with Crippen molar-refractivity contribution in [3.05, 3.63) is 89.5 Å². The van der Waals surface area contributed by atoms with Crippen molar-refractivity contribution < 1.29 is 14.3 Å². The average molecular weight is 699 g/mol. The highest BCUT2D eigenvalue weighted by Crippen LogP contribution is 2.29. The van der Waals surface area contributed by atoms with Gasteiger partial charge in [0.05, 0.1) is 35.7 Å². The van der Waals surface area contributed by atoms with Gasteiger partial charge in [-0.3, -0.25) is 9.59 Å². The van der Waals surface area contributed by atoms with Gasteiger partial charge in [0.25, 0.3) is 0 Å². The van der Waals surface area contributed by atoms with Crippen LogP contribution in [0.15, 0.2) is 65.8 Å². The van der Waals surface area contributed by atoms with E-state index in [-0.39, 0.29) is 6.42 Å². The maximum Gasteiger partial charge on any atom is 0.249 e. The minimum Gasteiger partial charge on any atom is -0.487 e. The molecule has 0 spiro atoms. The van der Waals surface area contributed by atoms with Gasteiger partial charge in [0.1, 0.15) is 18.8 Å². The van der Waals surface area contributed by atoms with Gasteiger partial charge in [-0.05, 0) is 92.7 Å². The second-order valence-corrected chi connectivity index (χ2v) is 9.64. The smallest absolute Gasteiger partial charge is 0.249 e. The fourth-order valence-corrected chi connectivity index (χ4v) is 5.05. The number of hydrazone groups is 1. The summed E-state index contributed by atoms with van der Waals surface area (Å²) in [6, 6.07) is 19.8. The van der Waals surface area contributed by atoms with Crippen LogP contribution in [-0.4, -0.2) is 18.0 Å². The number of halogens is 3. The summed E-state index contributed by atoms with van der Waals surface area (Å²) >= 11 is 10.3. The van der Waals surface area contributed by atoms with Crippen LogP contribution in [0.25, 0.3) is 0 Å². The first-order valence-corrected chi connectivity index (χ1v) is 12.4. The van der Waals surface area contributed by atoms with Crippen LogP contribution in [0.5, 0.6) is 5.75 Å². The third kappa shape index (κ3) is 7.68. The molecule has 0 unspecified atom stereocenters. The van der Waals surface area contributed by atoms with Crippen molar-refractivity contribution in [2.24, 2.45) is 5.10 Å². The van der Waals surface area contributed by atoms with Crippen molar-refractivity contribution in [3.63, 3.8) is 0 Å². The van der Waals surface area contributed by atoms with Gasteiger partial charge in [-0.25, -0.2) is 5.43 Å². The van der Waals surface area contributed by atoms with Gasteiger partial charge in [-0.2, -0.15) is 10.4 Å². The number of carbonyl (C=O) groups is 2. The lowest BCUT2D eigenvalue weighted by Gasteiger charge is -2.11. The number of benzene rings is 3. The number of nitrogens with one attached hydrogen (secondary N) is 2.